The lowest BCUT2D eigenvalue weighted by Gasteiger charge is -2.32. The number of rotatable bonds is 13. The molecule has 200 valence electrons. The predicted octanol–water partition coefficient (Wildman–Crippen LogP) is 5.15. The molecule has 5 heteroatoms. The van der Waals surface area contributed by atoms with Gasteiger partial charge in [0.2, 0.25) is 0 Å². The van der Waals surface area contributed by atoms with Gasteiger partial charge in [-0.3, -0.25) is 0 Å². The molecule has 0 saturated carbocycles. The minimum atomic E-state index is -1.22. The maximum atomic E-state index is 11.3. The van der Waals surface area contributed by atoms with E-state index in [1.165, 1.54) is 0 Å². The van der Waals surface area contributed by atoms with E-state index >= 15 is 0 Å². The van der Waals surface area contributed by atoms with Crippen LogP contribution in [0.4, 0.5) is 0 Å². The van der Waals surface area contributed by atoms with Crippen LogP contribution in [0.5, 0.6) is 0 Å². The Hall–Kier alpha value is -3.76. The highest BCUT2D eigenvalue weighted by atomic mass is 16.6. The lowest BCUT2D eigenvalue weighted by molar-refractivity contribution is -0.167. The number of hydrogen-bond donors (Lipinski definition) is 2. The molecule has 0 fully saturated rings. The molecule has 0 aliphatic heterocycles. The Labute approximate surface area is 230 Å². The van der Waals surface area contributed by atoms with Gasteiger partial charge in [0.05, 0.1) is 26.4 Å². The Morgan fingerprint density at radius 1 is 0.538 bits per heavy atom. The molecule has 0 saturated heterocycles. The highest BCUT2D eigenvalue weighted by molar-refractivity contribution is 5.34. The Morgan fingerprint density at radius 2 is 0.974 bits per heavy atom. The zero-order valence-electron chi connectivity index (χ0n) is 21.8. The van der Waals surface area contributed by atoms with E-state index in [4.69, 9.17) is 14.2 Å². The summed E-state index contributed by atoms with van der Waals surface area (Å²) in [6.07, 6.45) is -4.16. The molecule has 4 rings (SSSR count). The van der Waals surface area contributed by atoms with Gasteiger partial charge >= 0.3 is 0 Å². The zero-order chi connectivity index (χ0) is 27.1. The van der Waals surface area contributed by atoms with Crippen LogP contribution in [-0.2, 0) is 34.0 Å². The minimum absolute atomic E-state index is 0.00161. The van der Waals surface area contributed by atoms with Gasteiger partial charge in [0.15, 0.2) is 0 Å². The standard InChI is InChI=1S/C34H34O5/c35-31(22-21-27-13-5-1-6-14-27)33(38-24-29-17-9-3-10-18-29)34(39-25-30-19-11-4-12-20-30)32(36)26-37-23-28-15-7-2-8-16-28/h1-20,31-36H,23-26H2/t31-,32+,33-,34+/m0/s1. The monoisotopic (exact) mass is 522 g/mol. The van der Waals surface area contributed by atoms with Gasteiger partial charge in [-0.05, 0) is 28.8 Å². The van der Waals surface area contributed by atoms with Crippen molar-refractivity contribution >= 4 is 0 Å². The molecule has 4 atom stereocenters. The van der Waals surface area contributed by atoms with Crippen LogP contribution in [0.3, 0.4) is 0 Å². The van der Waals surface area contributed by atoms with Gasteiger partial charge in [-0.2, -0.15) is 0 Å². The first kappa shape index (κ1) is 28.3. The van der Waals surface area contributed by atoms with Crippen LogP contribution in [0.1, 0.15) is 22.3 Å². The molecule has 5 nitrogen and oxygen atoms in total. The maximum Gasteiger partial charge on any atom is 0.143 e. The smallest absolute Gasteiger partial charge is 0.143 e. The third-order valence-electron chi connectivity index (χ3n) is 6.12. The van der Waals surface area contributed by atoms with Gasteiger partial charge in [-0.25, -0.2) is 0 Å². The molecular formula is C34H34O5. The van der Waals surface area contributed by atoms with Crippen molar-refractivity contribution in [2.45, 2.75) is 44.2 Å². The van der Waals surface area contributed by atoms with Crippen LogP contribution in [0.25, 0.3) is 0 Å². The first-order valence-electron chi connectivity index (χ1n) is 13.0. The molecule has 0 heterocycles. The van der Waals surface area contributed by atoms with Crippen molar-refractivity contribution < 1.29 is 24.4 Å². The van der Waals surface area contributed by atoms with Gasteiger partial charge in [0.25, 0.3) is 0 Å². The third kappa shape index (κ3) is 9.49. The maximum absolute atomic E-state index is 11.3. The fourth-order valence-corrected chi connectivity index (χ4v) is 4.05. The summed E-state index contributed by atoms with van der Waals surface area (Å²) in [7, 11) is 0. The first-order chi connectivity index (χ1) is 19.2. The molecule has 39 heavy (non-hydrogen) atoms. The fraction of sp³-hybridized carbons (Fsp3) is 0.235. The second-order valence-electron chi connectivity index (χ2n) is 9.17. The topological polar surface area (TPSA) is 68.2 Å². The van der Waals surface area contributed by atoms with E-state index < -0.39 is 24.4 Å². The summed E-state index contributed by atoms with van der Waals surface area (Å²) in [5, 5.41) is 22.5. The second-order valence-corrected chi connectivity index (χ2v) is 9.17. The van der Waals surface area contributed by atoms with E-state index in [0.717, 1.165) is 22.3 Å². The lowest BCUT2D eigenvalue weighted by Crippen LogP contribution is -2.49. The van der Waals surface area contributed by atoms with Crippen molar-refractivity contribution in [2.24, 2.45) is 0 Å². The molecule has 0 aliphatic carbocycles. The van der Waals surface area contributed by atoms with Gasteiger partial charge < -0.3 is 24.4 Å². The van der Waals surface area contributed by atoms with Gasteiger partial charge in [-0.15, -0.1) is 0 Å². The average molecular weight is 523 g/mol. The van der Waals surface area contributed by atoms with Crippen LogP contribution in [0.15, 0.2) is 121 Å². The number of aliphatic hydroxyl groups excluding tert-OH is 2. The van der Waals surface area contributed by atoms with E-state index in [0.29, 0.717) is 6.61 Å². The Balaban J connectivity index is 1.54. The summed E-state index contributed by atoms with van der Waals surface area (Å²) < 4.78 is 18.3. The number of hydrogen-bond acceptors (Lipinski definition) is 5. The molecule has 4 aromatic carbocycles. The van der Waals surface area contributed by atoms with Crippen LogP contribution in [0.2, 0.25) is 0 Å². The highest BCUT2D eigenvalue weighted by Gasteiger charge is 2.35. The van der Waals surface area contributed by atoms with Gasteiger partial charge in [-0.1, -0.05) is 121 Å². The van der Waals surface area contributed by atoms with Crippen molar-refractivity contribution in [3.05, 3.63) is 144 Å². The van der Waals surface area contributed by atoms with E-state index in [1.807, 2.05) is 121 Å². The first-order valence-corrected chi connectivity index (χ1v) is 13.0. The van der Waals surface area contributed by atoms with Crippen LogP contribution >= 0.6 is 0 Å². The van der Waals surface area contributed by atoms with E-state index in [1.54, 1.807) is 0 Å². The van der Waals surface area contributed by atoms with Crippen molar-refractivity contribution in [2.75, 3.05) is 6.61 Å². The number of benzene rings is 4. The SMILES string of the molecule is O[C@H](COCc1ccccc1)[C@@H](OCc1ccccc1)[C@@H](OCc1ccccc1)[C@@H](O)C#Cc1ccccc1. The molecule has 0 spiro atoms. The second kappa shape index (κ2) is 15.6. The van der Waals surface area contributed by atoms with Crippen LogP contribution in [-0.4, -0.2) is 41.2 Å². The summed E-state index contributed by atoms with van der Waals surface area (Å²) in [6.45, 7) is 0.789. The highest BCUT2D eigenvalue weighted by Crippen LogP contribution is 2.19. The molecule has 0 radical (unpaired) electrons. The molecule has 0 unspecified atom stereocenters. The van der Waals surface area contributed by atoms with Crippen LogP contribution in [0, 0.1) is 11.8 Å². The molecule has 4 aromatic rings. The van der Waals surface area contributed by atoms with Gasteiger partial charge in [0.1, 0.15) is 24.4 Å². The molecule has 2 N–H and O–H groups in total. The molecule has 0 bridgehead atoms. The average Bonchev–Trinajstić information content (AvgIpc) is 2.99. The molecular weight excluding hydrogens is 488 g/mol. The Bertz CT molecular complexity index is 1270. The normalized spacial score (nSPS) is 14.0. The molecule has 0 aliphatic rings. The molecule has 0 amide bonds. The summed E-state index contributed by atoms with van der Waals surface area (Å²) in [5.74, 6) is 5.91. The van der Waals surface area contributed by atoms with Crippen molar-refractivity contribution in [3.8, 4) is 11.8 Å². The largest absolute Gasteiger partial charge is 0.388 e. The van der Waals surface area contributed by atoms with Crippen molar-refractivity contribution in [1.29, 1.82) is 0 Å². The Morgan fingerprint density at radius 3 is 1.49 bits per heavy atom. The third-order valence-corrected chi connectivity index (χ3v) is 6.12. The quantitative estimate of drug-likeness (QED) is 0.238. The summed E-state index contributed by atoms with van der Waals surface area (Å²) in [5.41, 5.74) is 3.64. The summed E-state index contributed by atoms with van der Waals surface area (Å²) in [4.78, 5) is 0. The van der Waals surface area contributed by atoms with Crippen molar-refractivity contribution in [1.82, 2.24) is 0 Å². The van der Waals surface area contributed by atoms with Gasteiger partial charge in [0, 0.05) is 5.56 Å². The lowest BCUT2D eigenvalue weighted by atomic mass is 10.0. The van der Waals surface area contributed by atoms with Crippen LogP contribution < -0.4 is 0 Å². The zero-order valence-corrected chi connectivity index (χ0v) is 21.8. The summed E-state index contributed by atoms with van der Waals surface area (Å²) >= 11 is 0. The van der Waals surface area contributed by atoms with E-state index in [-0.39, 0.29) is 19.8 Å². The number of ether oxygens (including phenoxy) is 3. The Kier molecular flexibility index (Phi) is 11.3. The fourth-order valence-electron chi connectivity index (χ4n) is 4.05. The minimum Gasteiger partial charge on any atom is -0.388 e. The predicted molar refractivity (Wildman–Crippen MR) is 151 cm³/mol. The van der Waals surface area contributed by atoms with E-state index in [9.17, 15) is 10.2 Å². The van der Waals surface area contributed by atoms with Crippen molar-refractivity contribution in [3.63, 3.8) is 0 Å². The summed E-state index contributed by atoms with van der Waals surface area (Å²) in [6, 6.07) is 38.5. The number of aliphatic hydroxyl groups is 2. The van der Waals surface area contributed by atoms with E-state index in [2.05, 4.69) is 11.8 Å². The molecule has 0 aromatic heterocycles.